The summed E-state index contributed by atoms with van der Waals surface area (Å²) in [6.45, 7) is 6.16. The van der Waals surface area contributed by atoms with Crippen molar-refractivity contribution in [1.82, 2.24) is 4.90 Å². The van der Waals surface area contributed by atoms with Gasteiger partial charge in [-0.25, -0.2) is 0 Å². The van der Waals surface area contributed by atoms with Crippen LogP contribution in [-0.4, -0.2) is 42.9 Å². The van der Waals surface area contributed by atoms with Crippen molar-refractivity contribution in [2.75, 3.05) is 36.4 Å². The molecule has 2 amide bonds. The predicted molar refractivity (Wildman–Crippen MR) is 123 cm³/mol. The third-order valence-electron chi connectivity index (χ3n) is 5.91. The molecule has 1 aliphatic heterocycles. The molecule has 0 bridgehead atoms. The van der Waals surface area contributed by atoms with Crippen LogP contribution in [0.25, 0.3) is 0 Å². The van der Waals surface area contributed by atoms with E-state index < -0.39 is 0 Å². The molecule has 0 radical (unpaired) electrons. The number of nitriles is 1. The Bertz CT molecular complexity index is 944. The number of nitrogens with one attached hydrogen (secondary N) is 1. The van der Waals surface area contributed by atoms with Gasteiger partial charge < -0.3 is 10.2 Å². The number of aryl methyl sites for hydroxylation is 2. The van der Waals surface area contributed by atoms with Gasteiger partial charge in [0.15, 0.2) is 0 Å². The molecule has 31 heavy (non-hydrogen) atoms. The molecular formula is C25H30N4O2. The Morgan fingerprint density at radius 3 is 2.45 bits per heavy atom. The number of likely N-dealkylation sites (tertiary alicyclic amines) is 1. The number of rotatable bonds is 7. The van der Waals surface area contributed by atoms with E-state index in [4.69, 9.17) is 5.26 Å². The maximum absolute atomic E-state index is 13.1. The van der Waals surface area contributed by atoms with E-state index in [0.717, 1.165) is 29.8 Å². The largest absolute Gasteiger partial charge is 0.326 e. The summed E-state index contributed by atoms with van der Waals surface area (Å²) in [5.41, 5.74) is 3.94. The van der Waals surface area contributed by atoms with Crippen LogP contribution in [0, 0.1) is 31.1 Å². The van der Waals surface area contributed by atoms with E-state index in [1.54, 1.807) is 4.90 Å². The minimum atomic E-state index is -0.0407. The second-order valence-corrected chi connectivity index (χ2v) is 8.13. The van der Waals surface area contributed by atoms with Gasteiger partial charge in [-0.1, -0.05) is 24.3 Å². The van der Waals surface area contributed by atoms with Crippen LogP contribution in [-0.2, 0) is 9.59 Å². The van der Waals surface area contributed by atoms with Gasteiger partial charge in [-0.15, -0.1) is 0 Å². The molecule has 1 saturated heterocycles. The number of amides is 2. The quantitative estimate of drug-likeness (QED) is 0.740. The minimum Gasteiger partial charge on any atom is -0.326 e. The normalized spacial score (nSPS) is 14.6. The summed E-state index contributed by atoms with van der Waals surface area (Å²) in [4.78, 5) is 29.4. The highest BCUT2D eigenvalue weighted by atomic mass is 16.2. The minimum absolute atomic E-state index is 0.00862. The van der Waals surface area contributed by atoms with Crippen molar-refractivity contribution in [2.24, 2.45) is 5.92 Å². The zero-order valence-electron chi connectivity index (χ0n) is 18.3. The predicted octanol–water partition coefficient (Wildman–Crippen LogP) is 3.90. The lowest BCUT2D eigenvalue weighted by molar-refractivity contribution is -0.122. The van der Waals surface area contributed by atoms with E-state index in [9.17, 15) is 9.59 Å². The standard InChI is InChI=1S/C25H30N4O2/c1-19-9-10-23(17-20(19)2)29(14-6-13-26)24(30)18-28-15-11-21(12-16-28)25(31)27-22-7-4-3-5-8-22/h3-5,7-10,17,21H,6,11-12,14-16,18H2,1-2H3,(H,27,31). The average Bonchev–Trinajstić information content (AvgIpc) is 2.77. The third-order valence-corrected chi connectivity index (χ3v) is 5.91. The van der Waals surface area contributed by atoms with Crippen molar-refractivity contribution in [1.29, 1.82) is 5.26 Å². The van der Waals surface area contributed by atoms with Crippen molar-refractivity contribution >= 4 is 23.2 Å². The number of carbonyl (C=O) groups is 2. The van der Waals surface area contributed by atoms with Gasteiger partial charge in [-0.3, -0.25) is 14.5 Å². The Kier molecular flexibility index (Phi) is 7.80. The van der Waals surface area contributed by atoms with Crippen LogP contribution < -0.4 is 10.2 Å². The molecule has 2 aromatic carbocycles. The molecule has 0 spiro atoms. The number of piperidine rings is 1. The molecule has 0 aliphatic carbocycles. The Morgan fingerprint density at radius 1 is 1.10 bits per heavy atom. The second-order valence-electron chi connectivity index (χ2n) is 8.13. The lowest BCUT2D eigenvalue weighted by atomic mass is 9.95. The summed E-state index contributed by atoms with van der Waals surface area (Å²) in [7, 11) is 0. The first-order valence-electron chi connectivity index (χ1n) is 10.8. The van der Waals surface area contributed by atoms with Gasteiger partial charge in [-0.05, 0) is 75.2 Å². The molecule has 6 heteroatoms. The zero-order valence-corrected chi connectivity index (χ0v) is 18.3. The number of benzene rings is 2. The molecule has 1 aliphatic rings. The fraction of sp³-hybridized carbons (Fsp3) is 0.400. The highest BCUT2D eigenvalue weighted by molar-refractivity contribution is 5.95. The van der Waals surface area contributed by atoms with E-state index in [1.807, 2.05) is 62.4 Å². The summed E-state index contributed by atoms with van der Waals surface area (Å²) >= 11 is 0. The molecule has 1 heterocycles. The Hall–Kier alpha value is -3.17. The molecule has 0 saturated carbocycles. The summed E-state index contributed by atoms with van der Waals surface area (Å²) in [6.07, 6.45) is 1.75. The molecule has 1 fully saturated rings. The molecule has 0 unspecified atom stereocenters. The van der Waals surface area contributed by atoms with Gasteiger partial charge in [0.25, 0.3) is 0 Å². The van der Waals surface area contributed by atoms with Crippen LogP contribution in [0.2, 0.25) is 0 Å². The molecule has 0 atom stereocenters. The molecule has 6 nitrogen and oxygen atoms in total. The van der Waals surface area contributed by atoms with Gasteiger partial charge in [-0.2, -0.15) is 5.26 Å². The van der Waals surface area contributed by atoms with Gasteiger partial charge in [0.1, 0.15) is 0 Å². The fourth-order valence-corrected chi connectivity index (χ4v) is 3.85. The number of anilines is 2. The first-order chi connectivity index (χ1) is 15.0. The van der Waals surface area contributed by atoms with Crippen LogP contribution in [0.3, 0.4) is 0 Å². The average molecular weight is 419 g/mol. The lowest BCUT2D eigenvalue weighted by Crippen LogP contribution is -2.45. The number of hydrogen-bond acceptors (Lipinski definition) is 4. The summed E-state index contributed by atoms with van der Waals surface area (Å²) < 4.78 is 0. The van der Waals surface area contributed by atoms with Crippen molar-refractivity contribution in [3.8, 4) is 6.07 Å². The van der Waals surface area contributed by atoms with Gasteiger partial charge >= 0.3 is 0 Å². The first kappa shape index (κ1) is 22.5. The van der Waals surface area contributed by atoms with Gasteiger partial charge in [0.05, 0.1) is 19.0 Å². The number of carbonyl (C=O) groups excluding carboxylic acids is 2. The summed E-state index contributed by atoms with van der Waals surface area (Å²) in [5, 5.41) is 12.0. The second kappa shape index (κ2) is 10.7. The van der Waals surface area contributed by atoms with E-state index >= 15 is 0 Å². The summed E-state index contributed by atoms with van der Waals surface area (Å²) in [5.74, 6) is -0.00496. The Labute approximate surface area is 184 Å². The topological polar surface area (TPSA) is 76.4 Å². The van der Waals surface area contributed by atoms with Crippen molar-refractivity contribution in [2.45, 2.75) is 33.1 Å². The van der Waals surface area contributed by atoms with Crippen LogP contribution >= 0.6 is 0 Å². The number of hydrogen-bond donors (Lipinski definition) is 1. The van der Waals surface area contributed by atoms with Crippen molar-refractivity contribution in [3.05, 3.63) is 59.7 Å². The molecule has 162 valence electrons. The van der Waals surface area contributed by atoms with Gasteiger partial charge in [0.2, 0.25) is 11.8 Å². The van der Waals surface area contributed by atoms with Crippen LogP contribution in [0.1, 0.15) is 30.4 Å². The monoisotopic (exact) mass is 418 g/mol. The van der Waals surface area contributed by atoms with E-state index in [1.165, 1.54) is 5.56 Å². The van der Waals surface area contributed by atoms with E-state index in [0.29, 0.717) is 32.6 Å². The van der Waals surface area contributed by atoms with Gasteiger partial charge in [0, 0.05) is 23.8 Å². The highest BCUT2D eigenvalue weighted by Gasteiger charge is 2.27. The van der Waals surface area contributed by atoms with Crippen LogP contribution in [0.4, 0.5) is 11.4 Å². The molecule has 3 rings (SSSR count). The van der Waals surface area contributed by atoms with Crippen molar-refractivity contribution in [3.63, 3.8) is 0 Å². The number of para-hydroxylation sites is 1. The SMILES string of the molecule is Cc1ccc(N(CCC#N)C(=O)CN2CCC(C(=O)Nc3ccccc3)CC2)cc1C. The molecule has 2 aromatic rings. The van der Waals surface area contributed by atoms with E-state index in [-0.39, 0.29) is 17.7 Å². The molecule has 0 aromatic heterocycles. The van der Waals surface area contributed by atoms with E-state index in [2.05, 4.69) is 16.3 Å². The molecular weight excluding hydrogens is 388 g/mol. The maximum atomic E-state index is 13.1. The first-order valence-corrected chi connectivity index (χ1v) is 10.8. The third kappa shape index (κ3) is 6.16. The van der Waals surface area contributed by atoms with Crippen LogP contribution in [0.15, 0.2) is 48.5 Å². The zero-order chi connectivity index (χ0) is 22.2. The maximum Gasteiger partial charge on any atom is 0.241 e. The highest BCUT2D eigenvalue weighted by Crippen LogP contribution is 2.22. The van der Waals surface area contributed by atoms with Crippen LogP contribution in [0.5, 0.6) is 0 Å². The fourth-order valence-electron chi connectivity index (χ4n) is 3.85. The molecule has 1 N–H and O–H groups in total. The Morgan fingerprint density at radius 2 is 1.81 bits per heavy atom. The summed E-state index contributed by atoms with van der Waals surface area (Å²) in [6, 6.07) is 17.6. The van der Waals surface area contributed by atoms with Crippen molar-refractivity contribution < 1.29 is 9.59 Å². The Balaban J connectivity index is 1.56. The smallest absolute Gasteiger partial charge is 0.241 e. The lowest BCUT2D eigenvalue weighted by Gasteiger charge is -2.32. The number of nitrogens with zero attached hydrogens (tertiary/aromatic N) is 3.